The van der Waals surface area contributed by atoms with Gasteiger partial charge < -0.3 is 11.1 Å². The molecule has 0 aliphatic carbocycles. The van der Waals surface area contributed by atoms with Crippen LogP contribution in [0.1, 0.15) is 15.9 Å². The van der Waals surface area contributed by atoms with E-state index >= 15 is 0 Å². The van der Waals surface area contributed by atoms with Crippen LogP contribution in [-0.4, -0.2) is 21.8 Å². The molecule has 7 heteroatoms. The molecule has 2 rings (SSSR count). The molecule has 23 heavy (non-hydrogen) atoms. The van der Waals surface area contributed by atoms with Gasteiger partial charge in [-0.05, 0) is 42.8 Å². The number of aryl methyl sites for hydroxylation is 1. The molecule has 1 atom stereocenters. The predicted molar refractivity (Wildman–Crippen MR) is 91.1 cm³/mol. The molecule has 120 valence electrons. The second-order valence-corrected chi connectivity index (χ2v) is 6.69. The molecule has 0 fully saturated rings. The normalized spacial score (nSPS) is 11.7. The number of amides is 2. The highest BCUT2D eigenvalue weighted by atomic mass is 35.5. The topological polar surface area (TPSA) is 89.3 Å². The van der Waals surface area contributed by atoms with Gasteiger partial charge >= 0.3 is 0 Å². The highest BCUT2D eigenvalue weighted by Crippen LogP contribution is 2.24. The Labute approximate surface area is 141 Å². The number of halogens is 1. The van der Waals surface area contributed by atoms with E-state index in [0.29, 0.717) is 26.7 Å². The van der Waals surface area contributed by atoms with Gasteiger partial charge in [0.25, 0.3) is 5.91 Å². The van der Waals surface area contributed by atoms with Crippen molar-refractivity contribution >= 4 is 39.9 Å². The average Bonchev–Trinajstić information content (AvgIpc) is 2.47. The Hall–Kier alpha value is -2.18. The molecule has 1 unspecified atom stereocenters. The van der Waals surface area contributed by atoms with Crippen LogP contribution in [0.4, 0.5) is 5.69 Å². The maximum Gasteiger partial charge on any atom is 0.255 e. The van der Waals surface area contributed by atoms with Gasteiger partial charge in [0, 0.05) is 10.6 Å². The molecule has 2 amide bonds. The Morgan fingerprint density at radius 1 is 1.17 bits per heavy atom. The lowest BCUT2D eigenvalue weighted by molar-refractivity contribution is -0.115. The molecule has 0 aliphatic rings. The number of rotatable bonds is 5. The Morgan fingerprint density at radius 2 is 1.83 bits per heavy atom. The van der Waals surface area contributed by atoms with Crippen molar-refractivity contribution in [2.75, 3.05) is 11.1 Å². The summed E-state index contributed by atoms with van der Waals surface area (Å²) in [5, 5.41) is 3.24. The summed E-state index contributed by atoms with van der Waals surface area (Å²) in [6.45, 7) is 1.76. The average molecular weight is 351 g/mol. The summed E-state index contributed by atoms with van der Waals surface area (Å²) in [6, 6.07) is 11.5. The predicted octanol–water partition coefficient (Wildman–Crippen LogP) is 2.49. The molecule has 0 bridgehead atoms. The van der Waals surface area contributed by atoms with Crippen LogP contribution in [0.3, 0.4) is 0 Å². The number of anilines is 1. The van der Waals surface area contributed by atoms with Crippen molar-refractivity contribution in [2.45, 2.75) is 11.8 Å². The standard InChI is InChI=1S/C16H15ClN2O3S/c1-10-3-2-4-13(15(10)23(22)9-14(18)20)19-16(21)11-5-7-12(17)8-6-11/h2-8H,9H2,1H3,(H2,18,20)(H,19,21). The fourth-order valence-corrected chi connectivity index (χ4v) is 3.37. The first kappa shape index (κ1) is 17.2. The largest absolute Gasteiger partial charge is 0.369 e. The first-order valence-corrected chi connectivity index (χ1v) is 8.41. The minimum Gasteiger partial charge on any atom is -0.369 e. The molecule has 0 saturated carbocycles. The Kier molecular flexibility index (Phi) is 5.52. The van der Waals surface area contributed by atoms with Crippen LogP contribution < -0.4 is 11.1 Å². The van der Waals surface area contributed by atoms with E-state index in [1.807, 2.05) is 0 Å². The van der Waals surface area contributed by atoms with Crippen molar-refractivity contribution in [2.24, 2.45) is 5.73 Å². The summed E-state index contributed by atoms with van der Waals surface area (Å²) in [7, 11) is -1.62. The van der Waals surface area contributed by atoms with Gasteiger partial charge in [-0.15, -0.1) is 0 Å². The van der Waals surface area contributed by atoms with Crippen molar-refractivity contribution in [1.29, 1.82) is 0 Å². The minimum absolute atomic E-state index is 0.297. The summed E-state index contributed by atoms with van der Waals surface area (Å²) in [4.78, 5) is 23.7. The van der Waals surface area contributed by atoms with E-state index in [2.05, 4.69) is 5.32 Å². The van der Waals surface area contributed by atoms with Crippen LogP contribution in [-0.2, 0) is 15.6 Å². The monoisotopic (exact) mass is 350 g/mol. The zero-order valence-corrected chi connectivity index (χ0v) is 13.9. The Morgan fingerprint density at radius 3 is 2.43 bits per heavy atom. The van der Waals surface area contributed by atoms with Gasteiger partial charge in [-0.25, -0.2) is 0 Å². The number of benzene rings is 2. The van der Waals surface area contributed by atoms with Crippen molar-refractivity contribution in [3.63, 3.8) is 0 Å². The van der Waals surface area contributed by atoms with Gasteiger partial charge in [-0.3, -0.25) is 13.8 Å². The maximum absolute atomic E-state index is 12.3. The molecular weight excluding hydrogens is 336 g/mol. The fraction of sp³-hybridized carbons (Fsp3) is 0.125. The van der Waals surface area contributed by atoms with Gasteiger partial charge in [0.1, 0.15) is 5.75 Å². The molecule has 0 aromatic heterocycles. The van der Waals surface area contributed by atoms with Crippen LogP contribution in [0.15, 0.2) is 47.4 Å². The third-order valence-corrected chi connectivity index (χ3v) is 4.86. The molecule has 2 aromatic rings. The highest BCUT2D eigenvalue weighted by Gasteiger charge is 2.17. The number of hydrogen-bond acceptors (Lipinski definition) is 3. The summed E-state index contributed by atoms with van der Waals surface area (Å²) in [5.74, 6) is -1.32. The van der Waals surface area contributed by atoms with Gasteiger partial charge in [0.05, 0.1) is 21.4 Å². The molecule has 0 heterocycles. The quantitative estimate of drug-likeness (QED) is 0.868. The third kappa shape index (κ3) is 4.40. The molecule has 5 nitrogen and oxygen atoms in total. The second-order valence-electron chi connectivity index (χ2n) is 4.87. The molecule has 0 radical (unpaired) electrons. The number of nitrogens with two attached hydrogens (primary N) is 1. The van der Waals surface area contributed by atoms with Crippen molar-refractivity contribution in [3.8, 4) is 0 Å². The maximum atomic E-state index is 12.3. The highest BCUT2D eigenvalue weighted by molar-refractivity contribution is 7.86. The number of carbonyl (C=O) groups is 2. The summed E-state index contributed by atoms with van der Waals surface area (Å²) in [5.41, 5.74) is 6.62. The fourth-order valence-electron chi connectivity index (χ4n) is 2.05. The number of hydrogen-bond donors (Lipinski definition) is 2. The van der Waals surface area contributed by atoms with Gasteiger partial charge in [0.15, 0.2) is 0 Å². The molecular formula is C16H15ClN2O3S. The number of nitrogens with one attached hydrogen (secondary N) is 1. The lowest BCUT2D eigenvalue weighted by Gasteiger charge is -2.13. The van der Waals surface area contributed by atoms with E-state index < -0.39 is 16.7 Å². The molecule has 3 N–H and O–H groups in total. The lowest BCUT2D eigenvalue weighted by atomic mass is 10.2. The molecule has 0 spiro atoms. The first-order valence-electron chi connectivity index (χ1n) is 6.71. The second kappa shape index (κ2) is 7.39. The van der Waals surface area contributed by atoms with Crippen LogP contribution in [0.2, 0.25) is 5.02 Å². The third-order valence-electron chi connectivity index (χ3n) is 3.07. The van der Waals surface area contributed by atoms with Crippen LogP contribution in [0.5, 0.6) is 0 Å². The van der Waals surface area contributed by atoms with E-state index in [1.165, 1.54) is 0 Å². The number of carbonyl (C=O) groups excluding carboxylic acids is 2. The SMILES string of the molecule is Cc1cccc(NC(=O)c2ccc(Cl)cc2)c1S(=O)CC(N)=O. The smallest absolute Gasteiger partial charge is 0.255 e. The van der Waals surface area contributed by atoms with Crippen LogP contribution in [0, 0.1) is 6.92 Å². The van der Waals surface area contributed by atoms with Gasteiger partial charge in [-0.1, -0.05) is 23.7 Å². The zero-order chi connectivity index (χ0) is 17.0. The van der Waals surface area contributed by atoms with Crippen molar-refractivity contribution in [1.82, 2.24) is 0 Å². The first-order chi connectivity index (χ1) is 10.9. The summed E-state index contributed by atoms with van der Waals surface area (Å²) in [6.07, 6.45) is 0. The van der Waals surface area contributed by atoms with Crippen molar-refractivity contribution < 1.29 is 13.8 Å². The molecule has 0 saturated heterocycles. The van der Waals surface area contributed by atoms with Crippen LogP contribution in [0.25, 0.3) is 0 Å². The lowest BCUT2D eigenvalue weighted by Crippen LogP contribution is -2.21. The Balaban J connectivity index is 2.31. The number of primary amides is 1. The molecule has 2 aromatic carbocycles. The van der Waals surface area contributed by atoms with E-state index in [4.69, 9.17) is 17.3 Å². The van der Waals surface area contributed by atoms with Gasteiger partial charge in [0.2, 0.25) is 5.91 Å². The van der Waals surface area contributed by atoms with Crippen LogP contribution >= 0.6 is 11.6 Å². The van der Waals surface area contributed by atoms with Crippen molar-refractivity contribution in [3.05, 3.63) is 58.6 Å². The zero-order valence-electron chi connectivity index (χ0n) is 12.3. The Bertz CT molecular complexity index is 775. The summed E-state index contributed by atoms with van der Waals surface area (Å²) >= 11 is 5.80. The summed E-state index contributed by atoms with van der Waals surface area (Å²) < 4.78 is 12.3. The van der Waals surface area contributed by atoms with E-state index in [-0.39, 0.29) is 11.7 Å². The van der Waals surface area contributed by atoms with Gasteiger partial charge in [-0.2, -0.15) is 0 Å². The molecule has 0 aliphatic heterocycles. The van der Waals surface area contributed by atoms with E-state index in [1.54, 1.807) is 49.4 Å². The van der Waals surface area contributed by atoms with E-state index in [9.17, 15) is 13.8 Å². The van der Waals surface area contributed by atoms with E-state index in [0.717, 1.165) is 0 Å². The minimum atomic E-state index is -1.62.